The first-order chi connectivity index (χ1) is 7.61. The van der Waals surface area contributed by atoms with E-state index in [0.717, 1.165) is 26.1 Å². The van der Waals surface area contributed by atoms with Crippen LogP contribution in [0.1, 0.15) is 40.0 Å². The van der Waals surface area contributed by atoms with E-state index in [2.05, 4.69) is 25.7 Å². The van der Waals surface area contributed by atoms with E-state index in [1.807, 2.05) is 0 Å². The minimum absolute atomic E-state index is 0.320. The third-order valence-electron chi connectivity index (χ3n) is 3.13. The van der Waals surface area contributed by atoms with E-state index in [1.54, 1.807) is 0 Å². The SMILES string of the molecule is CCOC1CCCN(CC(N)CC(C)C)C1. The number of hydrogen-bond donors (Lipinski definition) is 1. The normalized spacial score (nSPS) is 24.9. The van der Waals surface area contributed by atoms with Gasteiger partial charge < -0.3 is 10.5 Å². The van der Waals surface area contributed by atoms with Gasteiger partial charge in [0.15, 0.2) is 0 Å². The highest BCUT2D eigenvalue weighted by molar-refractivity contribution is 4.77. The molecule has 0 aromatic carbocycles. The molecule has 2 N–H and O–H groups in total. The van der Waals surface area contributed by atoms with Crippen LogP contribution < -0.4 is 5.73 Å². The van der Waals surface area contributed by atoms with E-state index in [1.165, 1.54) is 19.4 Å². The standard InChI is InChI=1S/C13H28N2O/c1-4-16-13-6-5-7-15(10-13)9-12(14)8-11(2)3/h11-13H,4-10,14H2,1-3H3. The number of piperidine rings is 1. The molecule has 1 fully saturated rings. The van der Waals surface area contributed by atoms with Crippen molar-refractivity contribution in [3.05, 3.63) is 0 Å². The highest BCUT2D eigenvalue weighted by Crippen LogP contribution is 2.14. The molecule has 0 bridgehead atoms. The Kier molecular flexibility index (Phi) is 6.32. The summed E-state index contributed by atoms with van der Waals surface area (Å²) in [6.45, 7) is 10.7. The van der Waals surface area contributed by atoms with E-state index in [4.69, 9.17) is 10.5 Å². The highest BCUT2D eigenvalue weighted by atomic mass is 16.5. The molecule has 0 aromatic heterocycles. The van der Waals surface area contributed by atoms with E-state index in [-0.39, 0.29) is 0 Å². The van der Waals surface area contributed by atoms with Crippen LogP contribution >= 0.6 is 0 Å². The summed E-state index contributed by atoms with van der Waals surface area (Å²) in [5, 5.41) is 0. The highest BCUT2D eigenvalue weighted by Gasteiger charge is 2.21. The number of nitrogens with two attached hydrogens (primary N) is 1. The molecular formula is C13H28N2O. The van der Waals surface area contributed by atoms with Gasteiger partial charge in [0.1, 0.15) is 0 Å². The predicted molar refractivity (Wildman–Crippen MR) is 68.5 cm³/mol. The molecule has 96 valence electrons. The number of likely N-dealkylation sites (tertiary alicyclic amines) is 1. The summed E-state index contributed by atoms with van der Waals surface area (Å²) in [5.74, 6) is 0.697. The molecule has 2 atom stereocenters. The van der Waals surface area contributed by atoms with Crippen molar-refractivity contribution in [3.8, 4) is 0 Å². The Morgan fingerprint density at radius 3 is 2.81 bits per heavy atom. The van der Waals surface area contributed by atoms with Crippen LogP contribution in [0.3, 0.4) is 0 Å². The van der Waals surface area contributed by atoms with Crippen LogP contribution in [-0.4, -0.2) is 43.3 Å². The molecule has 2 unspecified atom stereocenters. The quantitative estimate of drug-likeness (QED) is 0.754. The minimum Gasteiger partial charge on any atom is -0.377 e. The lowest BCUT2D eigenvalue weighted by Crippen LogP contribution is -2.45. The van der Waals surface area contributed by atoms with Gasteiger partial charge in [-0.05, 0) is 38.6 Å². The first-order valence-electron chi connectivity index (χ1n) is 6.71. The second-order valence-corrected chi connectivity index (χ2v) is 5.37. The maximum absolute atomic E-state index is 6.14. The van der Waals surface area contributed by atoms with Gasteiger partial charge in [-0.25, -0.2) is 0 Å². The molecule has 0 spiro atoms. The number of ether oxygens (including phenoxy) is 1. The molecule has 16 heavy (non-hydrogen) atoms. The average molecular weight is 228 g/mol. The third kappa shape index (κ3) is 5.28. The van der Waals surface area contributed by atoms with Crippen molar-refractivity contribution in [3.63, 3.8) is 0 Å². The topological polar surface area (TPSA) is 38.5 Å². The molecule has 0 aromatic rings. The van der Waals surface area contributed by atoms with Gasteiger partial charge in [-0.3, -0.25) is 4.90 Å². The summed E-state index contributed by atoms with van der Waals surface area (Å²) in [5.41, 5.74) is 6.14. The van der Waals surface area contributed by atoms with E-state index >= 15 is 0 Å². The van der Waals surface area contributed by atoms with Crippen LogP contribution in [0.5, 0.6) is 0 Å². The first-order valence-corrected chi connectivity index (χ1v) is 6.71. The summed E-state index contributed by atoms with van der Waals surface area (Å²) in [6.07, 6.45) is 4.02. The van der Waals surface area contributed by atoms with Gasteiger partial charge in [0.05, 0.1) is 6.10 Å². The zero-order valence-corrected chi connectivity index (χ0v) is 11.1. The van der Waals surface area contributed by atoms with Crippen LogP contribution in [0.2, 0.25) is 0 Å². The Hall–Kier alpha value is -0.120. The summed E-state index contributed by atoms with van der Waals surface area (Å²) in [7, 11) is 0. The summed E-state index contributed by atoms with van der Waals surface area (Å²) in [4.78, 5) is 2.47. The Balaban J connectivity index is 2.25. The monoisotopic (exact) mass is 228 g/mol. The van der Waals surface area contributed by atoms with Crippen LogP contribution in [0.25, 0.3) is 0 Å². The fraction of sp³-hybridized carbons (Fsp3) is 1.00. The molecule has 1 aliphatic rings. The molecule has 1 rings (SSSR count). The smallest absolute Gasteiger partial charge is 0.0702 e. The van der Waals surface area contributed by atoms with Gasteiger partial charge in [0.25, 0.3) is 0 Å². The van der Waals surface area contributed by atoms with Crippen LogP contribution in [0, 0.1) is 5.92 Å². The van der Waals surface area contributed by atoms with Crippen LogP contribution in [-0.2, 0) is 4.74 Å². The molecule has 0 amide bonds. The van der Waals surface area contributed by atoms with Crippen LogP contribution in [0.15, 0.2) is 0 Å². The van der Waals surface area contributed by atoms with Crippen molar-refractivity contribution in [1.82, 2.24) is 4.90 Å². The second-order valence-electron chi connectivity index (χ2n) is 5.37. The van der Waals surface area contributed by atoms with Crippen LogP contribution in [0.4, 0.5) is 0 Å². The minimum atomic E-state index is 0.320. The molecule has 0 saturated carbocycles. The molecule has 3 heteroatoms. The Bertz CT molecular complexity index is 183. The van der Waals surface area contributed by atoms with Crippen molar-refractivity contribution in [2.24, 2.45) is 11.7 Å². The molecule has 1 heterocycles. The lowest BCUT2D eigenvalue weighted by Gasteiger charge is -2.34. The van der Waals surface area contributed by atoms with Gasteiger partial charge in [-0.15, -0.1) is 0 Å². The van der Waals surface area contributed by atoms with E-state index < -0.39 is 0 Å². The van der Waals surface area contributed by atoms with Gasteiger partial charge in [-0.1, -0.05) is 13.8 Å². The van der Waals surface area contributed by atoms with Gasteiger partial charge >= 0.3 is 0 Å². The zero-order chi connectivity index (χ0) is 12.0. The molecule has 1 saturated heterocycles. The zero-order valence-electron chi connectivity index (χ0n) is 11.1. The van der Waals surface area contributed by atoms with Gasteiger partial charge in [-0.2, -0.15) is 0 Å². The Morgan fingerprint density at radius 1 is 1.44 bits per heavy atom. The lowest BCUT2D eigenvalue weighted by molar-refractivity contribution is 0.00412. The Morgan fingerprint density at radius 2 is 2.19 bits per heavy atom. The molecule has 3 nitrogen and oxygen atoms in total. The van der Waals surface area contributed by atoms with Crippen molar-refractivity contribution >= 4 is 0 Å². The van der Waals surface area contributed by atoms with Crippen molar-refractivity contribution < 1.29 is 4.74 Å². The first kappa shape index (κ1) is 13.9. The second kappa shape index (κ2) is 7.25. The number of hydrogen-bond acceptors (Lipinski definition) is 3. The third-order valence-corrected chi connectivity index (χ3v) is 3.13. The van der Waals surface area contributed by atoms with Crippen molar-refractivity contribution in [1.29, 1.82) is 0 Å². The summed E-state index contributed by atoms with van der Waals surface area (Å²) >= 11 is 0. The lowest BCUT2D eigenvalue weighted by atomic mass is 10.0. The average Bonchev–Trinajstić information content (AvgIpc) is 2.17. The molecule has 0 radical (unpaired) electrons. The fourth-order valence-corrected chi connectivity index (χ4v) is 2.56. The molecule has 1 aliphatic heterocycles. The number of nitrogens with zero attached hydrogens (tertiary/aromatic N) is 1. The van der Waals surface area contributed by atoms with Crippen molar-refractivity contribution in [2.45, 2.75) is 52.2 Å². The van der Waals surface area contributed by atoms with E-state index in [9.17, 15) is 0 Å². The fourth-order valence-electron chi connectivity index (χ4n) is 2.56. The van der Waals surface area contributed by atoms with Gasteiger partial charge in [0.2, 0.25) is 0 Å². The predicted octanol–water partition coefficient (Wildman–Crippen LogP) is 1.86. The van der Waals surface area contributed by atoms with E-state index in [0.29, 0.717) is 18.1 Å². The molecule has 0 aliphatic carbocycles. The maximum Gasteiger partial charge on any atom is 0.0702 e. The Labute approximate surface area is 100 Å². The maximum atomic E-state index is 6.14. The van der Waals surface area contributed by atoms with Crippen molar-refractivity contribution in [2.75, 3.05) is 26.2 Å². The molecular weight excluding hydrogens is 200 g/mol. The summed E-state index contributed by atoms with van der Waals surface area (Å²) < 4.78 is 5.69. The summed E-state index contributed by atoms with van der Waals surface area (Å²) in [6, 6.07) is 0.320. The van der Waals surface area contributed by atoms with Gasteiger partial charge in [0, 0.05) is 25.7 Å². The largest absolute Gasteiger partial charge is 0.377 e. The number of rotatable bonds is 6.